The van der Waals surface area contributed by atoms with Gasteiger partial charge in [-0.15, -0.1) is 0 Å². The zero-order valence-corrected chi connectivity index (χ0v) is 8.32. The number of rotatable bonds is 1. The molecule has 0 aliphatic heterocycles. The number of nitrogens with one attached hydrogen (secondary N) is 1. The molecular weight excluding hydrogens is 216 g/mol. The SMILES string of the molecule is O=C(O)Nc1cccc2c(Cl)nccc12. The quantitative estimate of drug-likeness (QED) is 0.729. The number of hydrogen-bond donors (Lipinski definition) is 2. The van der Waals surface area contributed by atoms with Gasteiger partial charge in [-0.3, -0.25) is 5.32 Å². The monoisotopic (exact) mass is 222 g/mol. The Balaban J connectivity index is 2.65. The number of carboxylic acid groups (broad SMARTS) is 1. The number of pyridine rings is 1. The molecule has 1 aromatic carbocycles. The molecule has 0 spiro atoms. The van der Waals surface area contributed by atoms with Crippen molar-refractivity contribution in [1.29, 1.82) is 0 Å². The molecule has 0 bridgehead atoms. The molecule has 1 aromatic heterocycles. The molecule has 15 heavy (non-hydrogen) atoms. The Hall–Kier alpha value is -1.81. The summed E-state index contributed by atoms with van der Waals surface area (Å²) < 4.78 is 0. The van der Waals surface area contributed by atoms with Gasteiger partial charge in [-0.25, -0.2) is 9.78 Å². The number of benzene rings is 1. The fourth-order valence-corrected chi connectivity index (χ4v) is 1.62. The van der Waals surface area contributed by atoms with Crippen molar-refractivity contribution in [2.24, 2.45) is 0 Å². The summed E-state index contributed by atoms with van der Waals surface area (Å²) in [6.45, 7) is 0. The lowest BCUT2D eigenvalue weighted by Crippen LogP contribution is -2.07. The van der Waals surface area contributed by atoms with Crippen molar-refractivity contribution in [3.05, 3.63) is 35.6 Å². The number of carbonyl (C=O) groups is 1. The highest BCUT2D eigenvalue weighted by molar-refractivity contribution is 6.34. The summed E-state index contributed by atoms with van der Waals surface area (Å²) in [5, 5.41) is 12.8. The molecule has 0 unspecified atom stereocenters. The Morgan fingerprint density at radius 2 is 2.13 bits per heavy atom. The lowest BCUT2D eigenvalue weighted by molar-refractivity contribution is 0.210. The summed E-state index contributed by atoms with van der Waals surface area (Å²) in [7, 11) is 0. The van der Waals surface area contributed by atoms with E-state index >= 15 is 0 Å². The minimum atomic E-state index is -1.10. The third kappa shape index (κ3) is 1.85. The van der Waals surface area contributed by atoms with Crippen LogP contribution in [0.25, 0.3) is 10.8 Å². The van der Waals surface area contributed by atoms with Crippen LogP contribution in [-0.4, -0.2) is 16.2 Å². The second-order valence-electron chi connectivity index (χ2n) is 2.93. The fraction of sp³-hybridized carbons (Fsp3) is 0. The molecule has 2 rings (SSSR count). The van der Waals surface area contributed by atoms with Crippen LogP contribution < -0.4 is 5.32 Å². The van der Waals surface area contributed by atoms with E-state index in [1.54, 1.807) is 24.3 Å². The molecule has 0 atom stereocenters. The molecule has 0 aliphatic carbocycles. The standard InChI is InChI=1S/C10H7ClN2O2/c11-9-7-2-1-3-8(13-10(14)15)6(7)4-5-12-9/h1-5,13H,(H,14,15). The van der Waals surface area contributed by atoms with Crippen molar-refractivity contribution < 1.29 is 9.90 Å². The van der Waals surface area contributed by atoms with Gasteiger partial charge < -0.3 is 5.11 Å². The topological polar surface area (TPSA) is 62.2 Å². The number of anilines is 1. The summed E-state index contributed by atoms with van der Waals surface area (Å²) in [5.41, 5.74) is 0.504. The fourth-order valence-electron chi connectivity index (χ4n) is 1.40. The van der Waals surface area contributed by atoms with Gasteiger partial charge in [0.05, 0.1) is 5.69 Å². The first-order chi connectivity index (χ1) is 7.18. The minimum Gasteiger partial charge on any atom is -0.465 e. The first kappa shape index (κ1) is 9.73. The number of hydrogen-bond acceptors (Lipinski definition) is 2. The maximum absolute atomic E-state index is 10.5. The largest absolute Gasteiger partial charge is 0.465 e. The second kappa shape index (κ2) is 3.74. The molecule has 1 amide bonds. The van der Waals surface area contributed by atoms with Crippen molar-refractivity contribution in [3.63, 3.8) is 0 Å². The Kier molecular flexibility index (Phi) is 2.43. The van der Waals surface area contributed by atoms with E-state index < -0.39 is 6.09 Å². The van der Waals surface area contributed by atoms with E-state index in [1.165, 1.54) is 6.20 Å². The molecule has 0 aliphatic rings. The molecule has 4 nitrogen and oxygen atoms in total. The summed E-state index contributed by atoms with van der Waals surface area (Å²) in [6, 6.07) is 6.90. The molecule has 2 aromatic rings. The molecule has 0 saturated carbocycles. The van der Waals surface area contributed by atoms with E-state index in [0.717, 1.165) is 10.8 Å². The molecule has 0 saturated heterocycles. The van der Waals surface area contributed by atoms with Crippen LogP contribution in [0.3, 0.4) is 0 Å². The van der Waals surface area contributed by atoms with Gasteiger partial charge in [0.15, 0.2) is 0 Å². The number of amides is 1. The average Bonchev–Trinajstić information content (AvgIpc) is 2.19. The molecule has 0 fully saturated rings. The third-order valence-electron chi connectivity index (χ3n) is 2.00. The molecule has 5 heteroatoms. The zero-order chi connectivity index (χ0) is 10.8. The van der Waals surface area contributed by atoms with E-state index in [1.807, 2.05) is 0 Å². The first-order valence-electron chi connectivity index (χ1n) is 4.21. The Morgan fingerprint density at radius 1 is 1.33 bits per heavy atom. The molecule has 76 valence electrons. The van der Waals surface area contributed by atoms with E-state index in [0.29, 0.717) is 10.8 Å². The third-order valence-corrected chi connectivity index (χ3v) is 2.30. The van der Waals surface area contributed by atoms with E-state index in [2.05, 4.69) is 10.3 Å². The van der Waals surface area contributed by atoms with Crippen LogP contribution in [0, 0.1) is 0 Å². The molecule has 1 heterocycles. The van der Waals surface area contributed by atoms with Gasteiger partial charge in [0.25, 0.3) is 0 Å². The Morgan fingerprint density at radius 3 is 2.87 bits per heavy atom. The summed E-state index contributed by atoms with van der Waals surface area (Å²) in [4.78, 5) is 14.5. The second-order valence-corrected chi connectivity index (χ2v) is 3.29. The lowest BCUT2D eigenvalue weighted by atomic mass is 10.1. The van der Waals surface area contributed by atoms with Crippen LogP contribution in [0.1, 0.15) is 0 Å². The van der Waals surface area contributed by atoms with Crippen molar-refractivity contribution in [3.8, 4) is 0 Å². The Labute approximate surface area is 90.5 Å². The molecule has 2 N–H and O–H groups in total. The van der Waals surface area contributed by atoms with Crippen molar-refractivity contribution >= 4 is 34.2 Å². The number of halogens is 1. The van der Waals surface area contributed by atoms with Gasteiger partial charge >= 0.3 is 6.09 Å². The maximum Gasteiger partial charge on any atom is 0.409 e. The predicted molar refractivity (Wildman–Crippen MR) is 58.4 cm³/mol. The number of fused-ring (bicyclic) bond motifs is 1. The summed E-state index contributed by atoms with van der Waals surface area (Å²) in [6.07, 6.45) is 0.438. The van der Waals surface area contributed by atoms with Crippen LogP contribution in [-0.2, 0) is 0 Å². The predicted octanol–water partition coefficient (Wildman–Crippen LogP) is 2.98. The van der Waals surface area contributed by atoms with Crippen molar-refractivity contribution in [2.75, 3.05) is 5.32 Å². The van der Waals surface area contributed by atoms with Crippen molar-refractivity contribution in [2.45, 2.75) is 0 Å². The lowest BCUT2D eigenvalue weighted by Gasteiger charge is -2.05. The van der Waals surface area contributed by atoms with Gasteiger partial charge in [0, 0.05) is 17.0 Å². The number of nitrogens with zero attached hydrogens (tertiary/aromatic N) is 1. The average molecular weight is 223 g/mol. The van der Waals surface area contributed by atoms with Crippen LogP contribution in [0.15, 0.2) is 30.5 Å². The highest BCUT2D eigenvalue weighted by atomic mass is 35.5. The van der Waals surface area contributed by atoms with Gasteiger partial charge in [0.1, 0.15) is 5.15 Å². The van der Waals surface area contributed by atoms with Gasteiger partial charge in [-0.2, -0.15) is 0 Å². The highest BCUT2D eigenvalue weighted by Crippen LogP contribution is 2.27. The summed E-state index contributed by atoms with van der Waals surface area (Å²) >= 11 is 5.88. The maximum atomic E-state index is 10.5. The van der Waals surface area contributed by atoms with Crippen molar-refractivity contribution in [1.82, 2.24) is 4.98 Å². The van der Waals surface area contributed by atoms with Crippen LogP contribution >= 0.6 is 11.6 Å². The minimum absolute atomic E-state index is 0.363. The smallest absolute Gasteiger partial charge is 0.409 e. The van der Waals surface area contributed by atoms with Gasteiger partial charge in [-0.1, -0.05) is 23.7 Å². The van der Waals surface area contributed by atoms with E-state index in [9.17, 15) is 4.79 Å². The zero-order valence-electron chi connectivity index (χ0n) is 7.57. The van der Waals surface area contributed by atoms with E-state index in [4.69, 9.17) is 16.7 Å². The van der Waals surface area contributed by atoms with Gasteiger partial charge in [0.2, 0.25) is 0 Å². The Bertz CT molecular complexity index is 528. The van der Waals surface area contributed by atoms with Gasteiger partial charge in [-0.05, 0) is 12.1 Å². The highest BCUT2D eigenvalue weighted by Gasteiger charge is 2.05. The van der Waals surface area contributed by atoms with Crippen LogP contribution in [0.4, 0.5) is 10.5 Å². The normalized spacial score (nSPS) is 10.2. The van der Waals surface area contributed by atoms with E-state index in [-0.39, 0.29) is 0 Å². The first-order valence-corrected chi connectivity index (χ1v) is 4.59. The molecule has 0 radical (unpaired) electrons. The molecular formula is C10H7ClN2O2. The van der Waals surface area contributed by atoms with Crippen LogP contribution in [0.2, 0.25) is 5.15 Å². The summed E-state index contributed by atoms with van der Waals surface area (Å²) in [5.74, 6) is 0. The van der Waals surface area contributed by atoms with Crippen LogP contribution in [0.5, 0.6) is 0 Å². The number of aromatic nitrogens is 1.